The van der Waals surface area contributed by atoms with E-state index in [9.17, 15) is 18.0 Å². The molecule has 0 aromatic heterocycles. The van der Waals surface area contributed by atoms with Gasteiger partial charge >= 0.3 is 6.36 Å². The number of benzene rings is 1. The van der Waals surface area contributed by atoms with E-state index in [2.05, 4.69) is 10.1 Å². The lowest BCUT2D eigenvalue weighted by atomic mass is 10.1. The van der Waals surface area contributed by atoms with Gasteiger partial charge in [-0.2, -0.15) is 0 Å². The van der Waals surface area contributed by atoms with Crippen LogP contribution in [-0.4, -0.2) is 43.3 Å². The predicted molar refractivity (Wildman–Crippen MR) is 88.1 cm³/mol. The molecule has 0 bridgehead atoms. The highest BCUT2D eigenvalue weighted by molar-refractivity contribution is 5.92. The molecule has 1 heterocycles. The lowest BCUT2D eigenvalue weighted by molar-refractivity contribution is -0.274. The van der Waals surface area contributed by atoms with Crippen molar-refractivity contribution >= 4 is 24.4 Å². The van der Waals surface area contributed by atoms with Crippen molar-refractivity contribution in [1.82, 2.24) is 10.2 Å². The largest absolute Gasteiger partial charge is 0.573 e. The number of alkyl halides is 3. The Bertz CT molecular complexity index is 571. The number of carbonyl (C=O) groups is 1. The van der Waals surface area contributed by atoms with Crippen LogP contribution < -0.4 is 10.1 Å². The van der Waals surface area contributed by atoms with Crippen molar-refractivity contribution in [2.24, 2.45) is 0 Å². The van der Waals surface area contributed by atoms with Gasteiger partial charge in [0.05, 0.1) is 0 Å². The zero-order chi connectivity index (χ0) is 16.9. The van der Waals surface area contributed by atoms with E-state index < -0.39 is 6.36 Å². The molecule has 1 aromatic rings. The van der Waals surface area contributed by atoms with E-state index in [4.69, 9.17) is 0 Å². The number of amides is 1. The Morgan fingerprint density at radius 1 is 1.29 bits per heavy atom. The molecule has 1 N–H and O–H groups in total. The zero-order valence-corrected chi connectivity index (χ0v) is 14.0. The van der Waals surface area contributed by atoms with E-state index in [1.165, 1.54) is 30.4 Å². The summed E-state index contributed by atoms with van der Waals surface area (Å²) < 4.78 is 41.0. The maximum absolute atomic E-state index is 12.4. The molecular formula is C16H20ClF3N2O2. The SMILES string of the molecule is CNC1CCN(C(=O)/C=C/c2ccccc2OC(F)(F)F)CC1.Cl. The number of nitrogens with zero attached hydrogens (tertiary/aromatic N) is 1. The maximum Gasteiger partial charge on any atom is 0.573 e. The van der Waals surface area contributed by atoms with Gasteiger partial charge in [-0.3, -0.25) is 4.79 Å². The molecule has 24 heavy (non-hydrogen) atoms. The van der Waals surface area contributed by atoms with Crippen molar-refractivity contribution in [3.8, 4) is 5.75 Å². The molecule has 4 nitrogen and oxygen atoms in total. The van der Waals surface area contributed by atoms with Gasteiger partial charge in [0, 0.05) is 30.8 Å². The summed E-state index contributed by atoms with van der Waals surface area (Å²) >= 11 is 0. The van der Waals surface area contributed by atoms with Gasteiger partial charge in [0.25, 0.3) is 0 Å². The molecule has 1 amide bonds. The Labute approximate surface area is 145 Å². The standard InChI is InChI=1S/C16H19F3N2O2.ClH/c1-20-13-8-10-21(11-9-13)15(22)7-6-12-4-2-3-5-14(12)23-16(17,18)19;/h2-7,13,20H,8-11H2,1H3;1H/b7-6+;. The van der Waals surface area contributed by atoms with Gasteiger partial charge in [-0.1, -0.05) is 18.2 Å². The summed E-state index contributed by atoms with van der Waals surface area (Å²) in [6.45, 7) is 1.27. The summed E-state index contributed by atoms with van der Waals surface area (Å²) in [5.74, 6) is -0.528. The van der Waals surface area contributed by atoms with Crippen molar-refractivity contribution in [3.05, 3.63) is 35.9 Å². The van der Waals surface area contributed by atoms with Crippen LogP contribution in [0, 0.1) is 0 Å². The van der Waals surface area contributed by atoms with E-state index in [-0.39, 0.29) is 29.6 Å². The first-order valence-electron chi connectivity index (χ1n) is 7.38. The van der Waals surface area contributed by atoms with Crippen LogP contribution >= 0.6 is 12.4 Å². The molecule has 2 rings (SSSR count). The number of para-hydroxylation sites is 1. The molecule has 134 valence electrons. The minimum absolute atomic E-state index is 0. The van der Waals surface area contributed by atoms with Gasteiger partial charge in [-0.05, 0) is 32.0 Å². The summed E-state index contributed by atoms with van der Waals surface area (Å²) in [5, 5.41) is 3.17. The maximum atomic E-state index is 12.4. The van der Waals surface area contributed by atoms with Gasteiger partial charge in [-0.25, -0.2) is 0 Å². The minimum atomic E-state index is -4.76. The Morgan fingerprint density at radius 2 is 1.92 bits per heavy atom. The first-order chi connectivity index (χ1) is 10.9. The molecule has 0 saturated carbocycles. The van der Waals surface area contributed by atoms with Crippen LogP contribution in [0.5, 0.6) is 5.75 Å². The van der Waals surface area contributed by atoms with Crippen LogP contribution in [0.15, 0.2) is 30.3 Å². The highest BCUT2D eigenvalue weighted by atomic mass is 35.5. The van der Waals surface area contributed by atoms with Crippen molar-refractivity contribution in [3.63, 3.8) is 0 Å². The van der Waals surface area contributed by atoms with Crippen molar-refractivity contribution < 1.29 is 22.7 Å². The third-order valence-corrected chi connectivity index (χ3v) is 3.77. The number of hydrogen-bond donors (Lipinski definition) is 1. The summed E-state index contributed by atoms with van der Waals surface area (Å²) in [6.07, 6.45) is -0.386. The van der Waals surface area contributed by atoms with Crippen LogP contribution in [0.1, 0.15) is 18.4 Å². The van der Waals surface area contributed by atoms with E-state index in [0.29, 0.717) is 19.1 Å². The highest BCUT2D eigenvalue weighted by Gasteiger charge is 2.31. The predicted octanol–water partition coefficient (Wildman–Crippen LogP) is 3.23. The lowest BCUT2D eigenvalue weighted by Crippen LogP contribution is -2.43. The molecule has 8 heteroatoms. The fourth-order valence-corrected chi connectivity index (χ4v) is 2.49. The monoisotopic (exact) mass is 364 g/mol. The summed E-state index contributed by atoms with van der Waals surface area (Å²) in [4.78, 5) is 13.8. The molecule has 0 spiro atoms. The van der Waals surface area contributed by atoms with Crippen LogP contribution in [0.25, 0.3) is 6.08 Å². The first-order valence-corrected chi connectivity index (χ1v) is 7.38. The third-order valence-electron chi connectivity index (χ3n) is 3.77. The van der Waals surface area contributed by atoms with Crippen molar-refractivity contribution in [1.29, 1.82) is 0 Å². The Balaban J connectivity index is 0.00000288. The Hall–Kier alpha value is -1.73. The van der Waals surface area contributed by atoms with Crippen LogP contribution in [0.2, 0.25) is 0 Å². The normalized spacial score (nSPS) is 16.1. The third kappa shape index (κ3) is 6.05. The summed E-state index contributed by atoms with van der Waals surface area (Å²) in [6, 6.07) is 6.13. The molecule has 1 aliphatic heterocycles. The average molecular weight is 365 g/mol. The molecule has 0 radical (unpaired) electrons. The van der Waals surface area contributed by atoms with Crippen LogP contribution in [0.3, 0.4) is 0 Å². The Morgan fingerprint density at radius 3 is 2.50 bits per heavy atom. The second kappa shape index (κ2) is 8.94. The topological polar surface area (TPSA) is 41.6 Å². The van der Waals surface area contributed by atoms with Crippen LogP contribution in [-0.2, 0) is 4.79 Å². The van der Waals surface area contributed by atoms with E-state index in [1.54, 1.807) is 11.0 Å². The molecular weight excluding hydrogens is 345 g/mol. The molecule has 1 aliphatic rings. The number of nitrogens with one attached hydrogen (secondary N) is 1. The lowest BCUT2D eigenvalue weighted by Gasteiger charge is -2.31. The van der Waals surface area contributed by atoms with E-state index in [1.807, 2.05) is 7.05 Å². The fourth-order valence-electron chi connectivity index (χ4n) is 2.49. The van der Waals surface area contributed by atoms with Gasteiger partial charge in [0.15, 0.2) is 0 Å². The van der Waals surface area contributed by atoms with Gasteiger partial charge in [0.1, 0.15) is 5.75 Å². The molecule has 0 aliphatic carbocycles. The molecule has 0 atom stereocenters. The fraction of sp³-hybridized carbons (Fsp3) is 0.438. The van der Waals surface area contributed by atoms with E-state index in [0.717, 1.165) is 12.8 Å². The smallest absolute Gasteiger partial charge is 0.405 e. The molecule has 1 saturated heterocycles. The zero-order valence-electron chi connectivity index (χ0n) is 13.2. The molecule has 0 unspecified atom stereocenters. The van der Waals surface area contributed by atoms with Crippen LogP contribution in [0.4, 0.5) is 13.2 Å². The second-order valence-corrected chi connectivity index (χ2v) is 5.31. The number of hydrogen-bond acceptors (Lipinski definition) is 3. The van der Waals surface area contributed by atoms with Gasteiger partial charge in [0.2, 0.25) is 5.91 Å². The number of halogens is 4. The number of ether oxygens (including phenoxy) is 1. The highest BCUT2D eigenvalue weighted by Crippen LogP contribution is 2.27. The summed E-state index contributed by atoms with van der Waals surface area (Å²) in [5.41, 5.74) is 0.211. The average Bonchev–Trinajstić information content (AvgIpc) is 2.52. The number of piperidine rings is 1. The van der Waals surface area contributed by atoms with E-state index >= 15 is 0 Å². The summed E-state index contributed by atoms with van der Waals surface area (Å²) in [7, 11) is 1.89. The Kier molecular flexibility index (Phi) is 7.57. The van der Waals surface area contributed by atoms with Crippen molar-refractivity contribution in [2.75, 3.05) is 20.1 Å². The quantitative estimate of drug-likeness (QED) is 0.834. The number of rotatable bonds is 4. The number of likely N-dealkylation sites (tertiary alicyclic amines) is 1. The molecule has 1 fully saturated rings. The molecule has 1 aromatic carbocycles. The second-order valence-electron chi connectivity index (χ2n) is 5.31. The minimum Gasteiger partial charge on any atom is -0.405 e. The van der Waals surface area contributed by atoms with Gasteiger partial charge in [-0.15, -0.1) is 25.6 Å². The van der Waals surface area contributed by atoms with Gasteiger partial charge < -0.3 is 15.0 Å². The van der Waals surface area contributed by atoms with Crippen molar-refractivity contribution in [2.45, 2.75) is 25.2 Å². The number of carbonyl (C=O) groups excluding carboxylic acids is 1. The first kappa shape index (κ1) is 20.3.